The third kappa shape index (κ3) is 3.25. The van der Waals surface area contributed by atoms with Crippen LogP contribution >= 0.6 is 11.6 Å². The van der Waals surface area contributed by atoms with Crippen LogP contribution in [0.25, 0.3) is 5.69 Å². The van der Waals surface area contributed by atoms with Crippen molar-refractivity contribution in [1.29, 1.82) is 0 Å². The molecule has 0 spiro atoms. The maximum atomic E-state index is 12.7. The molecular weight excluding hydrogens is 338 g/mol. The minimum atomic E-state index is -0.326. The van der Waals surface area contributed by atoms with Gasteiger partial charge in [0.05, 0.1) is 27.8 Å². The normalized spacial score (nSPS) is 10.8. The Balaban J connectivity index is 1.94. The van der Waals surface area contributed by atoms with E-state index in [1.807, 2.05) is 45.0 Å². The summed E-state index contributed by atoms with van der Waals surface area (Å²) >= 11 is 6.21. The van der Waals surface area contributed by atoms with Gasteiger partial charge in [-0.1, -0.05) is 28.9 Å². The van der Waals surface area contributed by atoms with E-state index in [0.717, 1.165) is 17.0 Å². The molecule has 2 aromatic heterocycles. The van der Waals surface area contributed by atoms with E-state index >= 15 is 0 Å². The van der Waals surface area contributed by atoms with Gasteiger partial charge in [0.15, 0.2) is 5.69 Å². The van der Waals surface area contributed by atoms with E-state index in [1.54, 1.807) is 17.7 Å². The largest absolute Gasteiger partial charge is 0.319 e. The molecule has 7 heteroatoms. The molecule has 1 amide bonds. The van der Waals surface area contributed by atoms with Gasteiger partial charge >= 0.3 is 0 Å². The molecule has 0 atom stereocenters. The van der Waals surface area contributed by atoms with Gasteiger partial charge in [0.1, 0.15) is 0 Å². The van der Waals surface area contributed by atoms with Gasteiger partial charge in [-0.2, -0.15) is 0 Å². The maximum Gasteiger partial charge on any atom is 0.278 e. The van der Waals surface area contributed by atoms with Crippen LogP contribution in [0.4, 0.5) is 5.69 Å². The molecular formula is C18H18ClN5O. The van der Waals surface area contributed by atoms with Gasteiger partial charge in [0.25, 0.3) is 5.91 Å². The number of aromatic nitrogens is 4. The molecule has 0 saturated heterocycles. The number of carbonyl (C=O) groups excluding carboxylic acids is 1. The lowest BCUT2D eigenvalue weighted by Crippen LogP contribution is -2.16. The SMILES string of the molecule is Cc1cc(C)c(NC(=O)c2nnn(-c3ccccc3Cl)c2C)c(C)n1. The van der Waals surface area contributed by atoms with Crippen LogP contribution in [0.5, 0.6) is 0 Å². The molecule has 0 radical (unpaired) electrons. The Labute approximate surface area is 150 Å². The van der Waals surface area contributed by atoms with Crippen molar-refractivity contribution in [3.8, 4) is 5.69 Å². The highest BCUT2D eigenvalue weighted by Gasteiger charge is 2.20. The predicted molar refractivity (Wildman–Crippen MR) is 97.5 cm³/mol. The number of nitrogens with zero attached hydrogens (tertiary/aromatic N) is 4. The highest BCUT2D eigenvalue weighted by Crippen LogP contribution is 2.23. The van der Waals surface area contributed by atoms with E-state index in [1.165, 1.54) is 0 Å². The zero-order valence-corrected chi connectivity index (χ0v) is 15.2. The van der Waals surface area contributed by atoms with E-state index < -0.39 is 0 Å². The van der Waals surface area contributed by atoms with E-state index in [9.17, 15) is 4.79 Å². The molecule has 3 rings (SSSR count). The zero-order chi connectivity index (χ0) is 18.1. The number of halogens is 1. The third-order valence-electron chi connectivity index (χ3n) is 3.95. The van der Waals surface area contributed by atoms with Gasteiger partial charge in [0, 0.05) is 5.69 Å². The number of pyridine rings is 1. The predicted octanol–water partition coefficient (Wildman–Crippen LogP) is 3.80. The molecule has 0 saturated carbocycles. The quantitative estimate of drug-likeness (QED) is 0.775. The Morgan fingerprint density at radius 2 is 1.88 bits per heavy atom. The number of amides is 1. The van der Waals surface area contributed by atoms with Gasteiger partial charge < -0.3 is 5.32 Å². The first-order chi connectivity index (χ1) is 11.9. The minimum Gasteiger partial charge on any atom is -0.319 e. The van der Waals surface area contributed by atoms with Crippen molar-refractivity contribution in [2.75, 3.05) is 5.32 Å². The Bertz CT molecular complexity index is 941. The molecule has 1 N–H and O–H groups in total. The van der Waals surface area contributed by atoms with Crippen molar-refractivity contribution in [2.24, 2.45) is 0 Å². The smallest absolute Gasteiger partial charge is 0.278 e. The number of para-hydroxylation sites is 1. The summed E-state index contributed by atoms with van der Waals surface area (Å²) in [6, 6.07) is 9.21. The zero-order valence-electron chi connectivity index (χ0n) is 14.5. The second-order valence-corrected chi connectivity index (χ2v) is 6.29. The number of anilines is 1. The average molecular weight is 356 g/mol. The van der Waals surface area contributed by atoms with Crippen LogP contribution in [0, 0.1) is 27.7 Å². The Morgan fingerprint density at radius 3 is 2.56 bits per heavy atom. The molecule has 0 fully saturated rings. The van der Waals surface area contributed by atoms with Crippen LogP contribution in [0.3, 0.4) is 0 Å². The number of aryl methyl sites for hydroxylation is 3. The van der Waals surface area contributed by atoms with Crippen LogP contribution in [0.15, 0.2) is 30.3 Å². The van der Waals surface area contributed by atoms with Gasteiger partial charge in [-0.05, 0) is 51.5 Å². The third-order valence-corrected chi connectivity index (χ3v) is 4.27. The standard InChI is InChI=1S/C18H18ClN5O/c1-10-9-11(2)20-12(3)16(10)21-18(25)17-13(4)24(23-22-17)15-8-6-5-7-14(15)19/h5-9H,1-4H3,(H,21,25). The van der Waals surface area contributed by atoms with Crippen molar-refractivity contribution in [3.63, 3.8) is 0 Å². The minimum absolute atomic E-state index is 0.249. The first kappa shape index (κ1) is 17.1. The Morgan fingerprint density at radius 1 is 1.16 bits per heavy atom. The van der Waals surface area contributed by atoms with E-state index in [0.29, 0.717) is 22.1 Å². The van der Waals surface area contributed by atoms with Crippen LogP contribution in [-0.4, -0.2) is 25.9 Å². The first-order valence-electron chi connectivity index (χ1n) is 7.82. The summed E-state index contributed by atoms with van der Waals surface area (Å²) in [6.45, 7) is 7.50. The van der Waals surface area contributed by atoms with E-state index in [2.05, 4.69) is 20.6 Å². The molecule has 128 valence electrons. The molecule has 0 aliphatic carbocycles. The van der Waals surface area contributed by atoms with Gasteiger partial charge in [-0.15, -0.1) is 5.10 Å². The van der Waals surface area contributed by atoms with Crippen LogP contribution in [-0.2, 0) is 0 Å². The molecule has 0 aliphatic rings. The summed E-state index contributed by atoms with van der Waals surface area (Å²) in [5, 5.41) is 11.5. The summed E-state index contributed by atoms with van der Waals surface area (Å²) in [5.74, 6) is -0.326. The fourth-order valence-corrected chi connectivity index (χ4v) is 2.99. The molecule has 0 aliphatic heterocycles. The topological polar surface area (TPSA) is 72.7 Å². The summed E-state index contributed by atoms with van der Waals surface area (Å²) in [4.78, 5) is 17.1. The lowest BCUT2D eigenvalue weighted by atomic mass is 10.1. The second-order valence-electron chi connectivity index (χ2n) is 5.88. The fourth-order valence-electron chi connectivity index (χ4n) is 2.78. The summed E-state index contributed by atoms with van der Waals surface area (Å²) in [5.41, 5.74) is 4.87. The average Bonchev–Trinajstić information content (AvgIpc) is 2.93. The number of nitrogens with one attached hydrogen (secondary N) is 1. The number of rotatable bonds is 3. The number of carbonyl (C=O) groups is 1. The lowest BCUT2D eigenvalue weighted by molar-refractivity contribution is 0.102. The molecule has 25 heavy (non-hydrogen) atoms. The molecule has 6 nitrogen and oxygen atoms in total. The van der Waals surface area contributed by atoms with Crippen molar-refractivity contribution < 1.29 is 4.79 Å². The van der Waals surface area contributed by atoms with Crippen LogP contribution < -0.4 is 5.32 Å². The number of hydrogen-bond donors (Lipinski definition) is 1. The van der Waals surface area contributed by atoms with E-state index in [-0.39, 0.29) is 11.6 Å². The lowest BCUT2D eigenvalue weighted by Gasteiger charge is -2.11. The van der Waals surface area contributed by atoms with Gasteiger partial charge in [-0.25, -0.2) is 4.68 Å². The van der Waals surface area contributed by atoms with Crippen molar-refractivity contribution >= 4 is 23.2 Å². The Kier molecular flexibility index (Phi) is 4.55. The summed E-state index contributed by atoms with van der Waals surface area (Å²) in [7, 11) is 0. The van der Waals surface area contributed by atoms with Crippen molar-refractivity contribution in [1.82, 2.24) is 20.0 Å². The first-order valence-corrected chi connectivity index (χ1v) is 8.19. The van der Waals surface area contributed by atoms with Gasteiger partial charge in [-0.3, -0.25) is 9.78 Å². The van der Waals surface area contributed by atoms with E-state index in [4.69, 9.17) is 11.6 Å². The molecule has 3 aromatic rings. The maximum absolute atomic E-state index is 12.7. The fraction of sp³-hybridized carbons (Fsp3) is 0.222. The second kappa shape index (κ2) is 6.64. The molecule has 1 aromatic carbocycles. The molecule has 0 bridgehead atoms. The monoisotopic (exact) mass is 355 g/mol. The summed E-state index contributed by atoms with van der Waals surface area (Å²) in [6.07, 6.45) is 0. The van der Waals surface area contributed by atoms with Crippen molar-refractivity contribution in [2.45, 2.75) is 27.7 Å². The summed E-state index contributed by atoms with van der Waals surface area (Å²) < 4.78 is 1.56. The van der Waals surface area contributed by atoms with Crippen LogP contribution in [0.1, 0.15) is 33.1 Å². The molecule has 2 heterocycles. The highest BCUT2D eigenvalue weighted by atomic mass is 35.5. The highest BCUT2D eigenvalue weighted by molar-refractivity contribution is 6.32. The van der Waals surface area contributed by atoms with Crippen molar-refractivity contribution in [3.05, 3.63) is 63.7 Å². The van der Waals surface area contributed by atoms with Crippen LogP contribution in [0.2, 0.25) is 5.02 Å². The number of hydrogen-bond acceptors (Lipinski definition) is 4. The van der Waals surface area contributed by atoms with Gasteiger partial charge in [0.2, 0.25) is 0 Å². The number of benzene rings is 1. The molecule has 0 unspecified atom stereocenters. The Hall–Kier alpha value is -2.73.